The van der Waals surface area contributed by atoms with Gasteiger partial charge >= 0.3 is 57.4 Å². The number of rotatable bonds is 2. The zero-order valence-corrected chi connectivity index (χ0v) is 12.4. The second-order valence-electron chi connectivity index (χ2n) is 2.67. The van der Waals surface area contributed by atoms with E-state index in [4.69, 9.17) is 9.47 Å². The topological polar surface area (TPSA) is 38.8 Å². The normalized spacial score (nSPS) is 18.2. The number of carbonyl (C=O) groups excluding carboxylic acids is 1. The third kappa shape index (κ3) is 3.41. The zero-order chi connectivity index (χ0) is 9.26. The van der Waals surface area contributed by atoms with Crippen LogP contribution in [0.1, 0.15) is 1.43 Å². The van der Waals surface area contributed by atoms with Gasteiger partial charge in [-0.25, -0.2) is 4.79 Å². The summed E-state index contributed by atoms with van der Waals surface area (Å²) in [7, 11) is 0. The van der Waals surface area contributed by atoms with Crippen molar-refractivity contribution in [3.05, 3.63) is 28.7 Å². The second-order valence-corrected chi connectivity index (χ2v) is 3.53. The first kappa shape index (κ1) is 12.8. The molecule has 3 nitrogen and oxygen atoms in total. The van der Waals surface area contributed by atoms with Gasteiger partial charge in [0.1, 0.15) is 5.75 Å². The van der Waals surface area contributed by atoms with Gasteiger partial charge in [-0.2, -0.15) is 0 Å². The van der Waals surface area contributed by atoms with Gasteiger partial charge < -0.3 is 10.9 Å². The van der Waals surface area contributed by atoms with Crippen molar-refractivity contribution < 1.29 is 67.1 Å². The number of benzene rings is 1. The number of para-hydroxylation sites is 1. The van der Waals surface area contributed by atoms with Crippen molar-refractivity contribution >= 4 is 21.9 Å². The number of halogens is 1. The minimum absolute atomic E-state index is 0. The summed E-state index contributed by atoms with van der Waals surface area (Å²) in [5.74, 6) is 0.204. The maximum absolute atomic E-state index is 11.2. The molecule has 1 aromatic rings. The van der Waals surface area contributed by atoms with Gasteiger partial charge in [-0.15, -0.1) is 0 Å². The van der Waals surface area contributed by atoms with E-state index in [1.807, 2.05) is 12.1 Å². The molecule has 1 saturated heterocycles. The Kier molecular flexibility index (Phi) is 5.26. The van der Waals surface area contributed by atoms with E-state index in [0.717, 1.165) is 4.47 Å². The summed E-state index contributed by atoms with van der Waals surface area (Å²) in [4.78, 5) is 11.2. The maximum Gasteiger partial charge on any atom is 1.00 e. The number of hydrogen-bond acceptors (Lipinski definition) is 3. The molecular weight excluding hydrogens is 275 g/mol. The number of epoxide rings is 1. The molecule has 5 heteroatoms. The molecule has 1 fully saturated rings. The number of carbonyl (C=O) groups is 1. The Bertz CT molecular complexity index is 344. The molecule has 0 amide bonds. The van der Waals surface area contributed by atoms with Crippen LogP contribution in [0.5, 0.6) is 5.75 Å². The first-order chi connectivity index (χ1) is 6.27. The van der Waals surface area contributed by atoms with Gasteiger partial charge in [-0.1, -0.05) is 12.1 Å². The molecule has 2 rings (SSSR count). The SMILES string of the molecule is O=C(Oc1ccccc1Br)C1CO1.[H-].[K+]. The minimum Gasteiger partial charge on any atom is -1.00 e. The van der Waals surface area contributed by atoms with Gasteiger partial charge in [0.15, 0.2) is 6.10 Å². The van der Waals surface area contributed by atoms with Crippen molar-refractivity contribution in [2.24, 2.45) is 0 Å². The van der Waals surface area contributed by atoms with E-state index in [1.165, 1.54) is 0 Å². The Balaban J connectivity index is 0.000000980. The van der Waals surface area contributed by atoms with Gasteiger partial charge in [-0.3, -0.25) is 0 Å². The Labute approximate surface area is 134 Å². The Morgan fingerprint density at radius 1 is 1.57 bits per heavy atom. The molecule has 0 saturated carbocycles. The standard InChI is InChI=1S/C9H7BrO3.K.H/c10-6-3-1-2-4-7(6)13-9(11)8-5-12-8;;/h1-4,8H,5H2;;/q;+1;-1. The summed E-state index contributed by atoms with van der Waals surface area (Å²) in [6, 6.07) is 7.21. The van der Waals surface area contributed by atoms with Crippen LogP contribution >= 0.6 is 15.9 Å². The van der Waals surface area contributed by atoms with Crippen LogP contribution < -0.4 is 56.1 Å². The maximum atomic E-state index is 11.2. The van der Waals surface area contributed by atoms with Crippen LogP contribution in [0, 0.1) is 0 Å². The molecule has 1 atom stereocenters. The molecule has 1 unspecified atom stereocenters. The molecule has 1 heterocycles. The van der Waals surface area contributed by atoms with Crippen LogP contribution in [0.15, 0.2) is 28.7 Å². The molecule has 0 bridgehead atoms. The molecule has 1 aliphatic heterocycles. The summed E-state index contributed by atoms with van der Waals surface area (Å²) >= 11 is 3.28. The molecule has 0 spiro atoms. The summed E-state index contributed by atoms with van der Waals surface area (Å²) in [6.45, 7) is 0.475. The predicted molar refractivity (Wildman–Crippen MR) is 50.6 cm³/mol. The fourth-order valence-electron chi connectivity index (χ4n) is 0.886. The van der Waals surface area contributed by atoms with Crippen molar-refractivity contribution in [3.63, 3.8) is 0 Å². The van der Waals surface area contributed by atoms with Crippen LogP contribution in [-0.2, 0) is 9.53 Å². The van der Waals surface area contributed by atoms with E-state index in [0.29, 0.717) is 12.4 Å². The van der Waals surface area contributed by atoms with Crippen molar-refractivity contribution in [2.45, 2.75) is 6.10 Å². The van der Waals surface area contributed by atoms with Crippen molar-refractivity contribution in [1.82, 2.24) is 0 Å². The molecule has 0 radical (unpaired) electrons. The molecule has 70 valence electrons. The first-order valence-corrected chi connectivity index (χ1v) is 4.64. The molecule has 0 aliphatic carbocycles. The van der Waals surface area contributed by atoms with E-state index in [-0.39, 0.29) is 64.9 Å². The number of hydrogen-bond donors (Lipinski definition) is 0. The van der Waals surface area contributed by atoms with E-state index in [9.17, 15) is 4.79 Å². The van der Waals surface area contributed by atoms with Gasteiger partial charge in [0.25, 0.3) is 0 Å². The smallest absolute Gasteiger partial charge is 1.00 e. The minimum atomic E-state index is -0.355. The Morgan fingerprint density at radius 2 is 2.21 bits per heavy atom. The molecule has 1 aromatic carbocycles. The van der Waals surface area contributed by atoms with Gasteiger partial charge in [0.2, 0.25) is 0 Å². The van der Waals surface area contributed by atoms with Crippen molar-refractivity contribution in [1.29, 1.82) is 0 Å². The van der Waals surface area contributed by atoms with E-state index >= 15 is 0 Å². The Hall–Kier alpha value is 0.766. The third-order valence-corrected chi connectivity index (χ3v) is 2.30. The summed E-state index contributed by atoms with van der Waals surface area (Å²) < 4.78 is 10.6. The van der Waals surface area contributed by atoms with Gasteiger partial charge in [0, 0.05) is 0 Å². The summed E-state index contributed by atoms with van der Waals surface area (Å²) in [5.41, 5.74) is 0. The zero-order valence-electron chi connectivity index (χ0n) is 8.70. The average Bonchev–Trinajstić information content (AvgIpc) is 2.91. The average molecular weight is 283 g/mol. The van der Waals surface area contributed by atoms with E-state index < -0.39 is 0 Å². The Morgan fingerprint density at radius 3 is 2.79 bits per heavy atom. The van der Waals surface area contributed by atoms with Crippen LogP contribution in [0.3, 0.4) is 0 Å². The molecule has 14 heavy (non-hydrogen) atoms. The fourth-order valence-corrected chi connectivity index (χ4v) is 1.25. The van der Waals surface area contributed by atoms with Crippen molar-refractivity contribution in [3.8, 4) is 5.75 Å². The van der Waals surface area contributed by atoms with Crippen LogP contribution in [0.25, 0.3) is 0 Å². The summed E-state index contributed by atoms with van der Waals surface area (Å²) in [6.07, 6.45) is -0.355. The van der Waals surface area contributed by atoms with E-state index in [1.54, 1.807) is 12.1 Å². The molecule has 1 aliphatic rings. The predicted octanol–water partition coefficient (Wildman–Crippen LogP) is -1.13. The largest absolute Gasteiger partial charge is 1.00 e. The monoisotopic (exact) mass is 282 g/mol. The molecule has 0 aromatic heterocycles. The van der Waals surface area contributed by atoms with Crippen LogP contribution in [-0.4, -0.2) is 18.7 Å². The quantitative estimate of drug-likeness (QED) is 0.298. The fraction of sp³-hybridized carbons (Fsp3) is 0.222. The van der Waals surface area contributed by atoms with Crippen LogP contribution in [0.4, 0.5) is 0 Å². The second kappa shape index (κ2) is 5.74. The number of ether oxygens (including phenoxy) is 2. The third-order valence-electron chi connectivity index (χ3n) is 1.64. The first-order valence-electron chi connectivity index (χ1n) is 3.85. The molecular formula is C9H8BrKO3. The van der Waals surface area contributed by atoms with Gasteiger partial charge in [0.05, 0.1) is 11.1 Å². The molecule has 0 N–H and O–H groups in total. The van der Waals surface area contributed by atoms with Gasteiger partial charge in [-0.05, 0) is 28.1 Å². The van der Waals surface area contributed by atoms with E-state index in [2.05, 4.69) is 15.9 Å². The van der Waals surface area contributed by atoms with Crippen LogP contribution in [0.2, 0.25) is 0 Å². The number of esters is 1. The van der Waals surface area contributed by atoms with Crippen molar-refractivity contribution in [2.75, 3.05) is 6.61 Å². The summed E-state index contributed by atoms with van der Waals surface area (Å²) in [5, 5.41) is 0.